The molecule has 0 radical (unpaired) electrons. The number of halogens is 1. The lowest BCUT2D eigenvalue weighted by Crippen LogP contribution is -2.44. The summed E-state index contributed by atoms with van der Waals surface area (Å²) in [5.74, 6) is 1.37. The highest BCUT2D eigenvalue weighted by molar-refractivity contribution is 6.04. The van der Waals surface area contributed by atoms with E-state index < -0.39 is 5.82 Å². The SMILES string of the molecule is CCOc1ccc(-c2nnc([C@H]3C[C@H](NC(=O)c4ccnc5cc(F)cnc45)C3)n2-c2cccnc2)nc1. The van der Waals surface area contributed by atoms with Crippen molar-refractivity contribution in [2.75, 3.05) is 6.61 Å². The summed E-state index contributed by atoms with van der Waals surface area (Å²) in [5, 5.41) is 12.0. The van der Waals surface area contributed by atoms with Gasteiger partial charge in [0.2, 0.25) is 0 Å². The zero-order valence-corrected chi connectivity index (χ0v) is 20.5. The minimum atomic E-state index is -0.498. The summed E-state index contributed by atoms with van der Waals surface area (Å²) in [5.41, 5.74) is 2.55. The van der Waals surface area contributed by atoms with Crippen molar-refractivity contribution in [3.8, 4) is 23.0 Å². The van der Waals surface area contributed by atoms with Gasteiger partial charge in [0, 0.05) is 30.4 Å². The Labute approximate surface area is 217 Å². The van der Waals surface area contributed by atoms with E-state index in [2.05, 4.69) is 35.5 Å². The molecule has 1 amide bonds. The number of pyridine rings is 4. The number of rotatable bonds is 7. The van der Waals surface area contributed by atoms with E-state index in [1.807, 2.05) is 35.8 Å². The summed E-state index contributed by atoms with van der Waals surface area (Å²) in [6.07, 6.45) is 9.08. The van der Waals surface area contributed by atoms with E-state index in [1.165, 1.54) is 12.3 Å². The summed E-state index contributed by atoms with van der Waals surface area (Å²) in [7, 11) is 0. The Morgan fingerprint density at radius 2 is 1.97 bits per heavy atom. The molecule has 190 valence electrons. The van der Waals surface area contributed by atoms with Gasteiger partial charge in [-0.05, 0) is 50.1 Å². The molecular weight excluding hydrogens is 487 g/mol. The van der Waals surface area contributed by atoms with Crippen LogP contribution in [0.3, 0.4) is 0 Å². The van der Waals surface area contributed by atoms with Crippen LogP contribution in [-0.2, 0) is 0 Å². The van der Waals surface area contributed by atoms with Gasteiger partial charge in [0.05, 0.1) is 42.0 Å². The molecule has 10 nitrogen and oxygen atoms in total. The zero-order valence-electron chi connectivity index (χ0n) is 20.5. The standard InChI is InChI=1S/C27H23FN8O2/c1-2-38-20-5-6-22(31-15-20)26-35-34-25(36(26)19-4-3-8-29-14-19)16-10-18(11-16)33-27(37)21-7-9-30-23-12-17(28)13-32-24(21)23/h3-9,12-16,18H,2,10-11H2,1H3,(H,33,37)/t16-,18-. The molecular formula is C27H23FN8O2. The van der Waals surface area contributed by atoms with Crippen LogP contribution in [0.5, 0.6) is 5.75 Å². The van der Waals surface area contributed by atoms with Crippen LogP contribution in [0, 0.1) is 5.82 Å². The van der Waals surface area contributed by atoms with Crippen LogP contribution < -0.4 is 10.1 Å². The first kappa shape index (κ1) is 23.6. The first-order valence-corrected chi connectivity index (χ1v) is 12.3. The molecule has 0 bridgehead atoms. The molecule has 11 heteroatoms. The summed E-state index contributed by atoms with van der Waals surface area (Å²) in [4.78, 5) is 30.0. The lowest BCUT2D eigenvalue weighted by Gasteiger charge is -2.35. The van der Waals surface area contributed by atoms with Crippen molar-refractivity contribution in [3.63, 3.8) is 0 Å². The second kappa shape index (κ2) is 9.92. The number of ether oxygens (including phenoxy) is 1. The predicted octanol–water partition coefficient (Wildman–Crippen LogP) is 3.88. The Kier molecular flexibility index (Phi) is 6.16. The van der Waals surface area contributed by atoms with E-state index >= 15 is 0 Å². The number of amides is 1. The number of aromatic nitrogens is 7. The fraction of sp³-hybridized carbons (Fsp3) is 0.222. The van der Waals surface area contributed by atoms with E-state index in [9.17, 15) is 9.18 Å². The quantitative estimate of drug-likeness (QED) is 0.350. The fourth-order valence-electron chi connectivity index (χ4n) is 4.63. The summed E-state index contributed by atoms with van der Waals surface area (Å²) < 4.78 is 21.0. The van der Waals surface area contributed by atoms with Crippen LogP contribution in [0.1, 0.15) is 41.9 Å². The fourth-order valence-corrected chi connectivity index (χ4v) is 4.63. The summed E-state index contributed by atoms with van der Waals surface area (Å²) in [6, 6.07) is 10.3. The maximum absolute atomic E-state index is 13.5. The normalized spacial score (nSPS) is 16.7. The second-order valence-corrected chi connectivity index (χ2v) is 8.96. The summed E-state index contributed by atoms with van der Waals surface area (Å²) >= 11 is 0. The monoisotopic (exact) mass is 510 g/mol. The maximum Gasteiger partial charge on any atom is 0.253 e. The van der Waals surface area contributed by atoms with E-state index in [4.69, 9.17) is 4.74 Å². The number of carbonyl (C=O) groups is 1. The molecule has 6 rings (SSSR count). The number of nitrogens with zero attached hydrogens (tertiary/aromatic N) is 7. The van der Waals surface area contributed by atoms with Crippen molar-refractivity contribution in [1.82, 2.24) is 40.0 Å². The van der Waals surface area contributed by atoms with Crippen molar-refractivity contribution in [1.29, 1.82) is 0 Å². The molecule has 0 unspecified atom stereocenters. The molecule has 0 aliphatic heterocycles. The topological polar surface area (TPSA) is 121 Å². The molecule has 5 heterocycles. The van der Waals surface area contributed by atoms with E-state index in [1.54, 1.807) is 24.7 Å². The van der Waals surface area contributed by atoms with Gasteiger partial charge in [-0.1, -0.05) is 0 Å². The predicted molar refractivity (Wildman–Crippen MR) is 136 cm³/mol. The lowest BCUT2D eigenvalue weighted by atomic mass is 9.79. The maximum atomic E-state index is 13.5. The number of carbonyl (C=O) groups excluding carboxylic acids is 1. The molecule has 1 N–H and O–H groups in total. The second-order valence-electron chi connectivity index (χ2n) is 8.96. The lowest BCUT2D eigenvalue weighted by molar-refractivity contribution is 0.0908. The molecule has 1 saturated carbocycles. The third-order valence-corrected chi connectivity index (χ3v) is 6.50. The van der Waals surface area contributed by atoms with Crippen LogP contribution >= 0.6 is 0 Å². The van der Waals surface area contributed by atoms with Crippen LogP contribution in [0.4, 0.5) is 4.39 Å². The minimum absolute atomic E-state index is 0.0535. The third-order valence-electron chi connectivity index (χ3n) is 6.50. The van der Waals surface area contributed by atoms with Crippen molar-refractivity contribution in [2.45, 2.75) is 31.7 Å². The van der Waals surface area contributed by atoms with E-state index in [0.29, 0.717) is 53.3 Å². The van der Waals surface area contributed by atoms with Gasteiger partial charge in [0.25, 0.3) is 5.91 Å². The highest BCUT2D eigenvalue weighted by atomic mass is 19.1. The van der Waals surface area contributed by atoms with Crippen molar-refractivity contribution >= 4 is 16.9 Å². The van der Waals surface area contributed by atoms with Gasteiger partial charge < -0.3 is 10.1 Å². The van der Waals surface area contributed by atoms with Gasteiger partial charge in [0.15, 0.2) is 5.82 Å². The highest BCUT2D eigenvalue weighted by Crippen LogP contribution is 2.38. The van der Waals surface area contributed by atoms with Crippen molar-refractivity contribution in [3.05, 3.63) is 84.6 Å². The third kappa shape index (κ3) is 4.42. The van der Waals surface area contributed by atoms with Crippen LogP contribution in [-0.4, -0.2) is 53.3 Å². The Hall–Kier alpha value is -4.80. The minimum Gasteiger partial charge on any atom is -0.492 e. The van der Waals surface area contributed by atoms with Crippen molar-refractivity contribution < 1.29 is 13.9 Å². The van der Waals surface area contributed by atoms with Gasteiger partial charge >= 0.3 is 0 Å². The molecule has 1 aliphatic rings. The molecule has 38 heavy (non-hydrogen) atoms. The van der Waals surface area contributed by atoms with Gasteiger partial charge in [-0.2, -0.15) is 0 Å². The van der Waals surface area contributed by atoms with E-state index in [-0.39, 0.29) is 17.9 Å². The Balaban J connectivity index is 1.23. The van der Waals surface area contributed by atoms with Gasteiger partial charge in [-0.25, -0.2) is 9.37 Å². The Morgan fingerprint density at radius 1 is 1.08 bits per heavy atom. The zero-order chi connectivity index (χ0) is 26.1. The average molecular weight is 511 g/mol. The van der Waals surface area contributed by atoms with Gasteiger partial charge in [-0.15, -0.1) is 10.2 Å². The van der Waals surface area contributed by atoms with Gasteiger partial charge in [-0.3, -0.25) is 24.3 Å². The van der Waals surface area contributed by atoms with Crippen LogP contribution in [0.2, 0.25) is 0 Å². The highest BCUT2D eigenvalue weighted by Gasteiger charge is 2.36. The first-order valence-electron chi connectivity index (χ1n) is 12.3. The molecule has 5 aromatic heterocycles. The molecule has 0 spiro atoms. The molecule has 1 fully saturated rings. The van der Waals surface area contributed by atoms with Crippen LogP contribution in [0.15, 0.2) is 67.4 Å². The van der Waals surface area contributed by atoms with Crippen LogP contribution in [0.25, 0.3) is 28.2 Å². The van der Waals surface area contributed by atoms with E-state index in [0.717, 1.165) is 17.7 Å². The first-order chi connectivity index (χ1) is 18.6. The van der Waals surface area contributed by atoms with Crippen molar-refractivity contribution in [2.24, 2.45) is 0 Å². The molecule has 0 atom stereocenters. The average Bonchev–Trinajstić information content (AvgIpc) is 3.35. The number of fused-ring (bicyclic) bond motifs is 1. The molecule has 1 aliphatic carbocycles. The molecule has 0 saturated heterocycles. The number of hydrogen-bond acceptors (Lipinski definition) is 8. The van der Waals surface area contributed by atoms with Gasteiger partial charge in [0.1, 0.15) is 28.6 Å². The summed E-state index contributed by atoms with van der Waals surface area (Å²) in [6.45, 7) is 2.48. The Bertz CT molecular complexity index is 1600. The Morgan fingerprint density at radius 3 is 2.74 bits per heavy atom. The molecule has 5 aromatic rings. The largest absolute Gasteiger partial charge is 0.492 e. The number of hydrogen-bond donors (Lipinski definition) is 1. The molecule has 0 aromatic carbocycles. The smallest absolute Gasteiger partial charge is 0.253 e. The number of nitrogens with one attached hydrogen (secondary N) is 1.